The van der Waals surface area contributed by atoms with Crippen molar-refractivity contribution in [3.63, 3.8) is 0 Å². The molecular weight excluding hydrogens is 288 g/mol. The Bertz CT molecular complexity index is 301. The van der Waals surface area contributed by atoms with E-state index in [0.717, 1.165) is 44.7 Å². The van der Waals surface area contributed by atoms with Gasteiger partial charge in [-0.2, -0.15) is 0 Å². The standard InChI is InChI=1S/C18H38N4O/c1-4-6-7-8-11-20-18(19-5-2)21-16-17-9-12-22(13-10-17)14-15-23-3/h17H,4-16H2,1-3H3,(H2,19,20,21). The number of nitrogens with one attached hydrogen (secondary N) is 2. The van der Waals surface area contributed by atoms with Crippen LogP contribution in [0, 0.1) is 5.92 Å². The van der Waals surface area contributed by atoms with Crippen molar-refractivity contribution in [1.82, 2.24) is 15.5 Å². The normalized spacial score (nSPS) is 17.4. The van der Waals surface area contributed by atoms with Crippen molar-refractivity contribution in [3.8, 4) is 0 Å². The van der Waals surface area contributed by atoms with Crippen LogP contribution in [0.1, 0.15) is 52.4 Å². The minimum absolute atomic E-state index is 0.726. The van der Waals surface area contributed by atoms with Gasteiger partial charge < -0.3 is 20.3 Å². The molecule has 0 saturated carbocycles. The number of guanidine groups is 1. The van der Waals surface area contributed by atoms with Gasteiger partial charge in [-0.15, -0.1) is 0 Å². The van der Waals surface area contributed by atoms with Crippen LogP contribution in [0.15, 0.2) is 4.99 Å². The van der Waals surface area contributed by atoms with Crippen LogP contribution in [-0.4, -0.2) is 63.8 Å². The smallest absolute Gasteiger partial charge is 0.191 e. The summed E-state index contributed by atoms with van der Waals surface area (Å²) in [5.74, 6) is 1.72. The van der Waals surface area contributed by atoms with Crippen LogP contribution in [0.2, 0.25) is 0 Å². The van der Waals surface area contributed by atoms with Gasteiger partial charge in [-0.3, -0.25) is 4.99 Å². The number of nitrogens with zero attached hydrogens (tertiary/aromatic N) is 2. The maximum atomic E-state index is 5.16. The summed E-state index contributed by atoms with van der Waals surface area (Å²) in [6, 6.07) is 0. The van der Waals surface area contributed by atoms with Crippen LogP contribution in [0.4, 0.5) is 0 Å². The van der Waals surface area contributed by atoms with Crippen LogP contribution in [-0.2, 0) is 4.74 Å². The van der Waals surface area contributed by atoms with Gasteiger partial charge in [0, 0.05) is 33.3 Å². The van der Waals surface area contributed by atoms with Gasteiger partial charge in [-0.25, -0.2) is 0 Å². The summed E-state index contributed by atoms with van der Waals surface area (Å²) in [5, 5.41) is 6.83. The molecule has 1 aliphatic heterocycles. The molecule has 136 valence electrons. The zero-order valence-electron chi connectivity index (χ0n) is 15.6. The zero-order chi connectivity index (χ0) is 16.8. The summed E-state index contributed by atoms with van der Waals surface area (Å²) in [6.45, 7) is 11.6. The lowest BCUT2D eigenvalue weighted by atomic mass is 9.97. The lowest BCUT2D eigenvalue weighted by Gasteiger charge is -2.31. The average Bonchev–Trinajstić information content (AvgIpc) is 2.58. The van der Waals surface area contributed by atoms with Crippen LogP contribution >= 0.6 is 0 Å². The molecule has 0 aliphatic carbocycles. The predicted octanol–water partition coefficient (Wildman–Crippen LogP) is 2.48. The largest absolute Gasteiger partial charge is 0.383 e. The molecule has 2 N–H and O–H groups in total. The third-order valence-corrected chi connectivity index (χ3v) is 4.49. The van der Waals surface area contributed by atoms with Gasteiger partial charge >= 0.3 is 0 Å². The van der Waals surface area contributed by atoms with E-state index in [-0.39, 0.29) is 0 Å². The number of rotatable bonds is 11. The van der Waals surface area contributed by atoms with Crippen LogP contribution < -0.4 is 10.6 Å². The number of ether oxygens (including phenoxy) is 1. The Kier molecular flexibility index (Phi) is 12.0. The Hall–Kier alpha value is -0.810. The van der Waals surface area contributed by atoms with E-state index in [1.54, 1.807) is 7.11 Å². The fourth-order valence-corrected chi connectivity index (χ4v) is 2.93. The molecule has 23 heavy (non-hydrogen) atoms. The van der Waals surface area contributed by atoms with Gasteiger partial charge in [-0.05, 0) is 45.2 Å². The minimum Gasteiger partial charge on any atom is -0.383 e. The summed E-state index contributed by atoms with van der Waals surface area (Å²) in [7, 11) is 1.78. The van der Waals surface area contributed by atoms with E-state index in [0.29, 0.717) is 0 Å². The van der Waals surface area contributed by atoms with E-state index in [1.165, 1.54) is 51.6 Å². The molecule has 5 nitrogen and oxygen atoms in total. The molecule has 1 saturated heterocycles. The first-order valence-corrected chi connectivity index (χ1v) is 9.53. The average molecular weight is 327 g/mol. The molecule has 0 amide bonds. The van der Waals surface area contributed by atoms with Crippen molar-refractivity contribution in [2.75, 3.05) is 53.0 Å². The SMILES string of the molecule is CCCCCCNC(=NCC1CCN(CCOC)CC1)NCC. The first kappa shape index (κ1) is 20.2. The molecule has 1 heterocycles. The maximum absolute atomic E-state index is 5.16. The molecule has 0 aromatic rings. The maximum Gasteiger partial charge on any atom is 0.191 e. The lowest BCUT2D eigenvalue weighted by Crippen LogP contribution is -2.39. The number of hydrogen-bond acceptors (Lipinski definition) is 3. The molecule has 0 aromatic heterocycles. The zero-order valence-corrected chi connectivity index (χ0v) is 15.6. The number of methoxy groups -OCH3 is 1. The van der Waals surface area contributed by atoms with Crippen LogP contribution in [0.3, 0.4) is 0 Å². The van der Waals surface area contributed by atoms with Crippen molar-refractivity contribution in [1.29, 1.82) is 0 Å². The van der Waals surface area contributed by atoms with Gasteiger partial charge in [0.05, 0.1) is 6.61 Å². The van der Waals surface area contributed by atoms with Crippen LogP contribution in [0.25, 0.3) is 0 Å². The summed E-state index contributed by atoms with van der Waals surface area (Å²) >= 11 is 0. The van der Waals surface area contributed by atoms with E-state index in [4.69, 9.17) is 9.73 Å². The Balaban J connectivity index is 2.23. The Morgan fingerprint density at radius 1 is 1.13 bits per heavy atom. The fourth-order valence-electron chi connectivity index (χ4n) is 2.93. The van der Waals surface area contributed by atoms with E-state index in [2.05, 4.69) is 29.4 Å². The van der Waals surface area contributed by atoms with E-state index in [9.17, 15) is 0 Å². The van der Waals surface area contributed by atoms with Gasteiger partial charge in [0.15, 0.2) is 5.96 Å². The number of piperidine rings is 1. The van der Waals surface area contributed by atoms with Crippen molar-refractivity contribution in [3.05, 3.63) is 0 Å². The lowest BCUT2D eigenvalue weighted by molar-refractivity contribution is 0.121. The molecule has 1 fully saturated rings. The third kappa shape index (κ3) is 9.82. The van der Waals surface area contributed by atoms with E-state index >= 15 is 0 Å². The van der Waals surface area contributed by atoms with E-state index < -0.39 is 0 Å². The fraction of sp³-hybridized carbons (Fsp3) is 0.944. The Morgan fingerprint density at radius 3 is 2.57 bits per heavy atom. The number of hydrogen-bond donors (Lipinski definition) is 2. The summed E-state index contributed by atoms with van der Waals surface area (Å²) in [6.07, 6.45) is 7.67. The van der Waals surface area contributed by atoms with Crippen LogP contribution in [0.5, 0.6) is 0 Å². The third-order valence-electron chi connectivity index (χ3n) is 4.49. The van der Waals surface area contributed by atoms with E-state index in [1.807, 2.05) is 0 Å². The van der Waals surface area contributed by atoms with Gasteiger partial charge in [0.1, 0.15) is 0 Å². The second-order valence-corrected chi connectivity index (χ2v) is 6.48. The quantitative estimate of drug-likeness (QED) is 0.348. The van der Waals surface area contributed by atoms with Crippen molar-refractivity contribution < 1.29 is 4.74 Å². The summed E-state index contributed by atoms with van der Waals surface area (Å²) in [5.41, 5.74) is 0. The molecule has 1 aliphatic rings. The summed E-state index contributed by atoms with van der Waals surface area (Å²) in [4.78, 5) is 7.29. The molecule has 0 bridgehead atoms. The van der Waals surface area contributed by atoms with Crippen molar-refractivity contribution in [2.45, 2.75) is 52.4 Å². The molecule has 0 radical (unpaired) electrons. The first-order chi connectivity index (χ1) is 11.3. The van der Waals surface area contributed by atoms with Gasteiger partial charge in [0.25, 0.3) is 0 Å². The molecule has 0 spiro atoms. The number of unbranched alkanes of at least 4 members (excludes halogenated alkanes) is 3. The molecule has 0 aromatic carbocycles. The highest BCUT2D eigenvalue weighted by molar-refractivity contribution is 5.79. The predicted molar refractivity (Wildman–Crippen MR) is 99.2 cm³/mol. The number of aliphatic imine (C=N–C) groups is 1. The Labute approximate surface area is 143 Å². The monoisotopic (exact) mass is 326 g/mol. The van der Waals surface area contributed by atoms with Crippen molar-refractivity contribution in [2.24, 2.45) is 10.9 Å². The molecular formula is C18H38N4O. The molecule has 5 heteroatoms. The highest BCUT2D eigenvalue weighted by Crippen LogP contribution is 2.17. The summed E-state index contributed by atoms with van der Waals surface area (Å²) < 4.78 is 5.16. The molecule has 1 rings (SSSR count). The molecule has 0 atom stereocenters. The topological polar surface area (TPSA) is 48.9 Å². The van der Waals surface area contributed by atoms with Gasteiger partial charge in [-0.1, -0.05) is 26.2 Å². The van der Waals surface area contributed by atoms with Gasteiger partial charge in [0.2, 0.25) is 0 Å². The first-order valence-electron chi connectivity index (χ1n) is 9.53. The minimum atomic E-state index is 0.726. The molecule has 0 unspecified atom stereocenters. The highest BCUT2D eigenvalue weighted by atomic mass is 16.5. The Morgan fingerprint density at radius 2 is 1.91 bits per heavy atom. The number of likely N-dealkylation sites (tertiary alicyclic amines) is 1. The van der Waals surface area contributed by atoms with Crippen molar-refractivity contribution >= 4 is 5.96 Å². The second kappa shape index (κ2) is 13.6. The second-order valence-electron chi connectivity index (χ2n) is 6.48. The highest BCUT2D eigenvalue weighted by Gasteiger charge is 2.18.